The number of nitrogens with one attached hydrogen (secondary N) is 1. The quantitative estimate of drug-likeness (QED) is 0.645. The van der Waals surface area contributed by atoms with Crippen molar-refractivity contribution in [1.82, 2.24) is 9.97 Å². The first-order valence-electron chi connectivity index (χ1n) is 9.18. The van der Waals surface area contributed by atoms with Crippen LogP contribution in [0.5, 0.6) is 0 Å². The Morgan fingerprint density at radius 3 is 2.63 bits per heavy atom. The highest BCUT2D eigenvalue weighted by atomic mass is 32.1. The van der Waals surface area contributed by atoms with Gasteiger partial charge in [0.15, 0.2) is 0 Å². The van der Waals surface area contributed by atoms with Crippen LogP contribution in [0.2, 0.25) is 0 Å². The molecular formula is C21H23N3O2S. The van der Waals surface area contributed by atoms with Crippen LogP contribution in [-0.2, 0) is 12.8 Å². The molecule has 5 nitrogen and oxygen atoms in total. The van der Waals surface area contributed by atoms with E-state index in [9.17, 15) is 4.79 Å². The van der Waals surface area contributed by atoms with Gasteiger partial charge in [0.05, 0.1) is 10.9 Å². The number of anilines is 2. The van der Waals surface area contributed by atoms with E-state index in [4.69, 9.17) is 5.11 Å². The van der Waals surface area contributed by atoms with E-state index in [0.29, 0.717) is 11.3 Å². The number of aromatic carboxylic acids is 1. The number of benzene rings is 1. The summed E-state index contributed by atoms with van der Waals surface area (Å²) in [6, 6.07) is 6.73. The second-order valence-electron chi connectivity index (χ2n) is 8.22. The lowest BCUT2D eigenvalue weighted by Crippen LogP contribution is -2.26. The summed E-state index contributed by atoms with van der Waals surface area (Å²) in [7, 11) is 0. The Kier molecular flexibility index (Phi) is 4.38. The molecule has 0 bridgehead atoms. The molecule has 1 aliphatic carbocycles. The smallest absolute Gasteiger partial charge is 0.335 e. The monoisotopic (exact) mass is 381 g/mol. The Balaban J connectivity index is 1.69. The number of aryl methyl sites for hydroxylation is 1. The van der Waals surface area contributed by atoms with Crippen molar-refractivity contribution in [2.24, 2.45) is 11.3 Å². The third-order valence-corrected chi connectivity index (χ3v) is 6.63. The minimum absolute atomic E-state index is 0.273. The number of rotatable bonds is 3. The largest absolute Gasteiger partial charge is 0.478 e. The van der Waals surface area contributed by atoms with Gasteiger partial charge in [-0.2, -0.15) is 0 Å². The molecule has 1 aliphatic rings. The number of carboxylic acid groups (broad SMARTS) is 1. The fraction of sp³-hybridized carbons (Fsp3) is 0.381. The van der Waals surface area contributed by atoms with Crippen molar-refractivity contribution in [2.45, 2.75) is 40.0 Å². The summed E-state index contributed by atoms with van der Waals surface area (Å²) < 4.78 is 0. The van der Waals surface area contributed by atoms with Gasteiger partial charge in [-0.15, -0.1) is 11.3 Å². The molecule has 2 heterocycles. The first kappa shape index (κ1) is 17.9. The summed E-state index contributed by atoms with van der Waals surface area (Å²) >= 11 is 1.78. The number of nitrogens with zero attached hydrogens (tertiary/aromatic N) is 2. The molecule has 27 heavy (non-hydrogen) atoms. The van der Waals surface area contributed by atoms with Crippen LogP contribution in [0.25, 0.3) is 10.2 Å². The summed E-state index contributed by atoms with van der Waals surface area (Å²) in [5.41, 5.74) is 2.78. The van der Waals surface area contributed by atoms with Crippen molar-refractivity contribution in [3.8, 4) is 0 Å². The molecule has 0 aliphatic heterocycles. The standard InChI is InChI=1S/C21H23N3O2S/c1-21(2,3)13-6-9-15-16(10-13)27-19-17(15)18(22-11-23-19)24-14-7-4-12(5-8-14)20(25)26/h4-5,7-8,11,13H,6,9-10H2,1-3H3,(H,25,26)(H,22,23,24). The Hall–Kier alpha value is -2.47. The van der Waals surface area contributed by atoms with Gasteiger partial charge in [0, 0.05) is 10.6 Å². The van der Waals surface area contributed by atoms with E-state index in [-0.39, 0.29) is 5.56 Å². The van der Waals surface area contributed by atoms with Crippen molar-refractivity contribution in [1.29, 1.82) is 0 Å². The molecule has 0 radical (unpaired) electrons. The second-order valence-corrected chi connectivity index (χ2v) is 9.30. The topological polar surface area (TPSA) is 75.1 Å². The van der Waals surface area contributed by atoms with Gasteiger partial charge in [0.2, 0.25) is 0 Å². The van der Waals surface area contributed by atoms with E-state index >= 15 is 0 Å². The summed E-state index contributed by atoms with van der Waals surface area (Å²) in [6.45, 7) is 6.97. The molecule has 0 amide bonds. The van der Waals surface area contributed by atoms with Crippen LogP contribution < -0.4 is 5.32 Å². The van der Waals surface area contributed by atoms with E-state index in [1.165, 1.54) is 16.9 Å². The SMILES string of the molecule is CC(C)(C)C1CCc2c(sc3ncnc(Nc4ccc(C(=O)O)cc4)c23)C1. The van der Waals surface area contributed by atoms with Crippen LogP contribution in [0, 0.1) is 11.3 Å². The van der Waals surface area contributed by atoms with Crippen molar-refractivity contribution < 1.29 is 9.90 Å². The van der Waals surface area contributed by atoms with Crippen molar-refractivity contribution >= 4 is 39.0 Å². The zero-order valence-electron chi connectivity index (χ0n) is 15.7. The van der Waals surface area contributed by atoms with Gasteiger partial charge >= 0.3 is 5.97 Å². The number of aromatic nitrogens is 2. The molecular weight excluding hydrogens is 358 g/mol. The Bertz CT molecular complexity index is 1000. The molecule has 3 aromatic rings. The van der Waals surface area contributed by atoms with E-state index < -0.39 is 5.97 Å². The molecule has 2 N–H and O–H groups in total. The summed E-state index contributed by atoms with van der Waals surface area (Å²) in [4.78, 5) is 22.5. The molecule has 1 unspecified atom stereocenters. The van der Waals surface area contributed by atoms with Gasteiger partial charge in [-0.3, -0.25) is 0 Å². The van der Waals surface area contributed by atoms with Gasteiger partial charge in [-0.1, -0.05) is 20.8 Å². The van der Waals surface area contributed by atoms with Gasteiger partial charge < -0.3 is 10.4 Å². The first-order chi connectivity index (χ1) is 12.8. The maximum Gasteiger partial charge on any atom is 0.335 e. The number of carbonyl (C=O) groups is 1. The fourth-order valence-corrected chi connectivity index (χ4v) is 5.04. The van der Waals surface area contributed by atoms with E-state index in [1.807, 2.05) is 0 Å². The first-order valence-corrected chi connectivity index (χ1v) is 10.00. The third kappa shape index (κ3) is 3.41. The molecule has 6 heteroatoms. The maximum atomic E-state index is 11.0. The maximum absolute atomic E-state index is 11.0. The normalized spacial score (nSPS) is 16.9. The highest BCUT2D eigenvalue weighted by molar-refractivity contribution is 7.19. The Labute approximate surface area is 162 Å². The van der Waals surface area contributed by atoms with Crippen molar-refractivity contribution in [2.75, 3.05) is 5.32 Å². The third-order valence-electron chi connectivity index (χ3n) is 5.46. The molecule has 0 fully saturated rings. The van der Waals surface area contributed by atoms with E-state index in [2.05, 4.69) is 36.1 Å². The molecule has 2 aromatic heterocycles. The van der Waals surface area contributed by atoms with Crippen molar-refractivity contribution in [3.63, 3.8) is 0 Å². The minimum atomic E-state index is -0.925. The van der Waals surface area contributed by atoms with E-state index in [1.54, 1.807) is 41.9 Å². The van der Waals surface area contributed by atoms with Gasteiger partial charge in [0.1, 0.15) is 17.0 Å². The van der Waals surface area contributed by atoms with Crippen LogP contribution >= 0.6 is 11.3 Å². The number of hydrogen-bond acceptors (Lipinski definition) is 5. The zero-order valence-corrected chi connectivity index (χ0v) is 16.6. The molecule has 1 aromatic carbocycles. The van der Waals surface area contributed by atoms with E-state index in [0.717, 1.165) is 34.6 Å². The summed E-state index contributed by atoms with van der Waals surface area (Å²) in [5.74, 6) is 0.562. The number of carboxylic acids is 1. The average Bonchev–Trinajstić information content (AvgIpc) is 3.00. The predicted molar refractivity (Wildman–Crippen MR) is 109 cm³/mol. The summed E-state index contributed by atoms with van der Waals surface area (Å²) in [6.07, 6.45) is 4.94. The Morgan fingerprint density at radius 2 is 1.96 bits per heavy atom. The van der Waals surface area contributed by atoms with Gasteiger partial charge in [-0.05, 0) is 60.4 Å². The number of hydrogen-bond donors (Lipinski definition) is 2. The van der Waals surface area contributed by atoms with Crippen LogP contribution in [0.1, 0.15) is 48.0 Å². The van der Waals surface area contributed by atoms with Gasteiger partial charge in [0.25, 0.3) is 0 Å². The van der Waals surface area contributed by atoms with Crippen molar-refractivity contribution in [3.05, 3.63) is 46.6 Å². The number of thiophene rings is 1. The highest BCUT2D eigenvalue weighted by Gasteiger charge is 2.31. The molecule has 1 atom stereocenters. The molecule has 0 saturated carbocycles. The number of fused-ring (bicyclic) bond motifs is 3. The lowest BCUT2D eigenvalue weighted by atomic mass is 9.72. The zero-order chi connectivity index (χ0) is 19.2. The van der Waals surface area contributed by atoms with Crippen LogP contribution in [0.15, 0.2) is 30.6 Å². The Morgan fingerprint density at radius 1 is 1.22 bits per heavy atom. The molecule has 0 saturated heterocycles. The van der Waals surface area contributed by atoms with Crippen LogP contribution in [0.4, 0.5) is 11.5 Å². The highest BCUT2D eigenvalue weighted by Crippen LogP contribution is 2.44. The molecule has 4 rings (SSSR count). The average molecular weight is 382 g/mol. The predicted octanol–water partition coefficient (Wildman–Crippen LogP) is 5.28. The lowest BCUT2D eigenvalue weighted by Gasteiger charge is -2.33. The molecule has 0 spiro atoms. The lowest BCUT2D eigenvalue weighted by molar-refractivity contribution is 0.0697. The summed E-state index contributed by atoms with van der Waals surface area (Å²) in [5, 5.41) is 13.5. The van der Waals surface area contributed by atoms with Crippen LogP contribution in [-0.4, -0.2) is 21.0 Å². The minimum Gasteiger partial charge on any atom is -0.478 e. The van der Waals surface area contributed by atoms with Gasteiger partial charge in [-0.25, -0.2) is 14.8 Å². The fourth-order valence-electron chi connectivity index (χ4n) is 3.78. The van der Waals surface area contributed by atoms with Crippen LogP contribution in [0.3, 0.4) is 0 Å². The molecule has 140 valence electrons. The second kappa shape index (κ2) is 6.60.